The number of nitrogens with zero attached hydrogens (tertiary/aromatic N) is 1. The van der Waals surface area contributed by atoms with Crippen molar-refractivity contribution in [2.45, 2.75) is 32.7 Å². The molecule has 106 valence electrons. The van der Waals surface area contributed by atoms with Crippen molar-refractivity contribution in [2.75, 3.05) is 33.8 Å². The van der Waals surface area contributed by atoms with Crippen molar-refractivity contribution in [1.82, 2.24) is 10.2 Å². The van der Waals surface area contributed by atoms with E-state index >= 15 is 0 Å². The highest BCUT2D eigenvalue weighted by atomic mass is 16.5. The fourth-order valence-electron chi connectivity index (χ4n) is 2.83. The summed E-state index contributed by atoms with van der Waals surface area (Å²) in [6, 6.07) is 4.59. The van der Waals surface area contributed by atoms with Crippen molar-refractivity contribution < 1.29 is 4.74 Å². The van der Waals surface area contributed by atoms with Gasteiger partial charge in [0.05, 0.1) is 7.11 Å². The number of benzene rings is 1. The van der Waals surface area contributed by atoms with E-state index in [4.69, 9.17) is 4.74 Å². The van der Waals surface area contributed by atoms with Crippen LogP contribution in [0.4, 0.5) is 0 Å². The van der Waals surface area contributed by atoms with Gasteiger partial charge in [-0.1, -0.05) is 13.0 Å². The third kappa shape index (κ3) is 3.48. The number of hydrogen-bond donors (Lipinski definition) is 1. The van der Waals surface area contributed by atoms with Crippen LogP contribution in [0, 0.1) is 0 Å². The van der Waals surface area contributed by atoms with E-state index in [1.807, 2.05) is 7.05 Å². The summed E-state index contributed by atoms with van der Waals surface area (Å²) in [7, 11) is 3.79. The van der Waals surface area contributed by atoms with Crippen molar-refractivity contribution in [3.05, 3.63) is 28.8 Å². The van der Waals surface area contributed by atoms with E-state index in [9.17, 15) is 0 Å². The van der Waals surface area contributed by atoms with Crippen LogP contribution < -0.4 is 10.1 Å². The Kier molecular flexibility index (Phi) is 5.23. The lowest BCUT2D eigenvalue weighted by atomic mass is 9.95. The largest absolute Gasteiger partial charge is 0.496 e. The number of hydrogen-bond acceptors (Lipinski definition) is 3. The van der Waals surface area contributed by atoms with Gasteiger partial charge in [-0.25, -0.2) is 0 Å². The van der Waals surface area contributed by atoms with Gasteiger partial charge in [-0.15, -0.1) is 0 Å². The topological polar surface area (TPSA) is 24.5 Å². The third-order valence-electron chi connectivity index (χ3n) is 3.98. The summed E-state index contributed by atoms with van der Waals surface area (Å²) in [5.74, 6) is 1.06. The van der Waals surface area contributed by atoms with E-state index in [1.54, 1.807) is 7.11 Å². The molecule has 1 aromatic carbocycles. The van der Waals surface area contributed by atoms with E-state index in [1.165, 1.54) is 36.2 Å². The molecule has 1 heterocycles. The minimum Gasteiger partial charge on any atom is -0.496 e. The van der Waals surface area contributed by atoms with Crippen LogP contribution in [0.1, 0.15) is 30.0 Å². The predicted molar refractivity (Wildman–Crippen MR) is 79.9 cm³/mol. The third-order valence-corrected chi connectivity index (χ3v) is 3.98. The lowest BCUT2D eigenvalue weighted by molar-refractivity contribution is 0.250. The van der Waals surface area contributed by atoms with Gasteiger partial charge in [0.2, 0.25) is 0 Å². The van der Waals surface area contributed by atoms with Crippen LogP contribution in [-0.4, -0.2) is 38.7 Å². The first kappa shape index (κ1) is 14.4. The Morgan fingerprint density at radius 3 is 2.84 bits per heavy atom. The van der Waals surface area contributed by atoms with Gasteiger partial charge in [-0.05, 0) is 62.2 Å². The molecule has 0 radical (unpaired) electrons. The molecule has 0 aromatic heterocycles. The average molecular weight is 262 g/mol. The fraction of sp³-hybridized carbons (Fsp3) is 0.625. The van der Waals surface area contributed by atoms with Crippen LogP contribution in [0.25, 0.3) is 0 Å². The molecule has 0 saturated heterocycles. The lowest BCUT2D eigenvalue weighted by Gasteiger charge is -2.29. The molecule has 0 fully saturated rings. The average Bonchev–Trinajstić information content (AvgIpc) is 2.46. The van der Waals surface area contributed by atoms with Crippen molar-refractivity contribution in [3.8, 4) is 5.75 Å². The minimum atomic E-state index is 1.04. The van der Waals surface area contributed by atoms with Crippen LogP contribution in [0.5, 0.6) is 5.75 Å². The minimum absolute atomic E-state index is 1.04. The molecule has 0 unspecified atom stereocenters. The molecule has 0 atom stereocenters. The zero-order chi connectivity index (χ0) is 13.7. The second kappa shape index (κ2) is 6.92. The van der Waals surface area contributed by atoms with Crippen LogP contribution in [0.2, 0.25) is 0 Å². The van der Waals surface area contributed by atoms with Crippen LogP contribution in [0.15, 0.2) is 12.1 Å². The molecule has 19 heavy (non-hydrogen) atoms. The van der Waals surface area contributed by atoms with Crippen LogP contribution >= 0.6 is 0 Å². The second-order valence-corrected chi connectivity index (χ2v) is 5.27. The molecule has 0 saturated carbocycles. The van der Waals surface area contributed by atoms with Crippen LogP contribution in [0.3, 0.4) is 0 Å². The van der Waals surface area contributed by atoms with Gasteiger partial charge in [0.25, 0.3) is 0 Å². The monoisotopic (exact) mass is 262 g/mol. The smallest absolute Gasteiger partial charge is 0.122 e. The van der Waals surface area contributed by atoms with E-state index in [0.717, 1.165) is 31.7 Å². The summed E-state index contributed by atoms with van der Waals surface area (Å²) in [4.78, 5) is 2.56. The van der Waals surface area contributed by atoms with Crippen molar-refractivity contribution >= 4 is 0 Å². The Labute approximate surface area is 116 Å². The molecule has 0 aliphatic carbocycles. The number of rotatable bonds is 6. The molecule has 1 aromatic rings. The molecule has 0 spiro atoms. The van der Waals surface area contributed by atoms with Gasteiger partial charge in [-0.2, -0.15) is 0 Å². The molecule has 0 amide bonds. The Hall–Kier alpha value is -1.06. The summed E-state index contributed by atoms with van der Waals surface area (Å²) in [5.41, 5.74) is 4.30. The highest BCUT2D eigenvalue weighted by molar-refractivity contribution is 5.43. The maximum absolute atomic E-state index is 5.49. The van der Waals surface area contributed by atoms with Gasteiger partial charge < -0.3 is 10.1 Å². The SMILES string of the molecule is CCc1cc2c(cc1OC)CCN(CCCNC)C2. The van der Waals surface area contributed by atoms with Gasteiger partial charge in [0, 0.05) is 13.1 Å². The van der Waals surface area contributed by atoms with E-state index < -0.39 is 0 Å². The highest BCUT2D eigenvalue weighted by Gasteiger charge is 2.18. The number of fused-ring (bicyclic) bond motifs is 1. The molecule has 0 bridgehead atoms. The van der Waals surface area contributed by atoms with E-state index in [2.05, 4.69) is 29.3 Å². The van der Waals surface area contributed by atoms with Crippen molar-refractivity contribution in [3.63, 3.8) is 0 Å². The summed E-state index contributed by atoms with van der Waals surface area (Å²) in [6.07, 6.45) is 3.41. The standard InChI is InChI=1S/C16H26N2O/c1-4-13-10-15-12-18(8-5-7-17-2)9-6-14(15)11-16(13)19-3/h10-11,17H,4-9,12H2,1-3H3. The van der Waals surface area contributed by atoms with Crippen molar-refractivity contribution in [2.24, 2.45) is 0 Å². The number of nitrogens with one attached hydrogen (secondary N) is 1. The number of aryl methyl sites for hydroxylation is 1. The number of ether oxygens (including phenoxy) is 1. The molecule has 2 rings (SSSR count). The van der Waals surface area contributed by atoms with E-state index in [-0.39, 0.29) is 0 Å². The zero-order valence-electron chi connectivity index (χ0n) is 12.5. The summed E-state index contributed by atoms with van der Waals surface area (Å²) < 4.78 is 5.49. The number of methoxy groups -OCH3 is 1. The van der Waals surface area contributed by atoms with E-state index in [0.29, 0.717) is 0 Å². The van der Waals surface area contributed by atoms with Gasteiger partial charge in [0.15, 0.2) is 0 Å². The summed E-state index contributed by atoms with van der Waals surface area (Å²) >= 11 is 0. The highest BCUT2D eigenvalue weighted by Crippen LogP contribution is 2.28. The maximum Gasteiger partial charge on any atom is 0.122 e. The lowest BCUT2D eigenvalue weighted by Crippen LogP contribution is -2.32. The Morgan fingerprint density at radius 1 is 1.32 bits per heavy atom. The predicted octanol–water partition coefficient (Wildman–Crippen LogP) is 2.23. The van der Waals surface area contributed by atoms with Gasteiger partial charge >= 0.3 is 0 Å². The maximum atomic E-state index is 5.49. The first-order valence-corrected chi connectivity index (χ1v) is 7.34. The molecule has 1 aliphatic rings. The Bertz CT molecular complexity index is 417. The molecular weight excluding hydrogens is 236 g/mol. The fourth-order valence-corrected chi connectivity index (χ4v) is 2.83. The molecule has 3 nitrogen and oxygen atoms in total. The van der Waals surface area contributed by atoms with Gasteiger partial charge in [0.1, 0.15) is 5.75 Å². The first-order chi connectivity index (χ1) is 9.28. The normalized spacial score (nSPS) is 15.3. The van der Waals surface area contributed by atoms with Crippen LogP contribution in [-0.2, 0) is 19.4 Å². The van der Waals surface area contributed by atoms with Crippen molar-refractivity contribution in [1.29, 1.82) is 0 Å². The zero-order valence-corrected chi connectivity index (χ0v) is 12.5. The molecular formula is C16H26N2O. The Morgan fingerprint density at radius 2 is 2.16 bits per heavy atom. The summed E-state index contributed by atoms with van der Waals surface area (Å²) in [6.45, 7) is 6.75. The summed E-state index contributed by atoms with van der Waals surface area (Å²) in [5, 5.41) is 3.22. The quantitative estimate of drug-likeness (QED) is 0.796. The first-order valence-electron chi connectivity index (χ1n) is 7.34. The Balaban J connectivity index is 2.07. The second-order valence-electron chi connectivity index (χ2n) is 5.27. The van der Waals surface area contributed by atoms with Gasteiger partial charge in [-0.3, -0.25) is 4.90 Å². The molecule has 1 N–H and O–H groups in total. The molecule has 1 aliphatic heterocycles. The molecule has 3 heteroatoms.